The van der Waals surface area contributed by atoms with E-state index in [1.54, 1.807) is 36.4 Å². The highest BCUT2D eigenvalue weighted by molar-refractivity contribution is 6.30. The quantitative estimate of drug-likeness (QED) is 0.536. The molecule has 2 N–H and O–H groups in total. The normalized spacial score (nSPS) is 10.5. The molecule has 1 heterocycles. The van der Waals surface area contributed by atoms with Gasteiger partial charge in [-0.2, -0.15) is 5.10 Å². The fourth-order valence-electron chi connectivity index (χ4n) is 3.07. The third-order valence-corrected chi connectivity index (χ3v) is 4.83. The summed E-state index contributed by atoms with van der Waals surface area (Å²) in [4.78, 5) is 35.9. The fourth-order valence-corrected chi connectivity index (χ4v) is 3.20. The Morgan fingerprint density at radius 2 is 1.81 bits per heavy atom. The summed E-state index contributed by atoms with van der Waals surface area (Å²) in [6, 6.07) is 15.2. The summed E-state index contributed by atoms with van der Waals surface area (Å²) >= 11 is 5.92. The lowest BCUT2D eigenvalue weighted by atomic mass is 10.1. The minimum Gasteiger partial charge on any atom is -0.495 e. The van der Waals surface area contributed by atoms with Crippen LogP contribution in [-0.4, -0.2) is 28.7 Å². The van der Waals surface area contributed by atoms with Gasteiger partial charge in [0.2, 0.25) is 11.8 Å². The van der Waals surface area contributed by atoms with Crippen molar-refractivity contribution in [1.29, 1.82) is 0 Å². The van der Waals surface area contributed by atoms with Gasteiger partial charge < -0.3 is 15.4 Å². The zero-order valence-electron chi connectivity index (χ0n) is 17.7. The lowest BCUT2D eigenvalue weighted by Crippen LogP contribution is -2.23. The molecule has 0 aliphatic rings. The topological polar surface area (TPSA) is 102 Å². The first-order valence-corrected chi connectivity index (χ1v) is 10.3. The first-order chi connectivity index (χ1) is 15.4. The molecule has 2 aromatic carbocycles. The van der Waals surface area contributed by atoms with Crippen molar-refractivity contribution in [2.75, 3.05) is 17.7 Å². The second-order valence-electron chi connectivity index (χ2n) is 7.03. The number of aryl methyl sites for hydroxylation is 1. The zero-order chi connectivity index (χ0) is 23.1. The van der Waals surface area contributed by atoms with E-state index in [0.29, 0.717) is 34.3 Å². The molecule has 3 rings (SSSR count). The summed E-state index contributed by atoms with van der Waals surface area (Å²) in [7, 11) is 1.49. The molecule has 2 amide bonds. The molecule has 0 radical (unpaired) electrons. The molecule has 8 nitrogen and oxygen atoms in total. The predicted octanol–water partition coefficient (Wildman–Crippen LogP) is 3.95. The summed E-state index contributed by atoms with van der Waals surface area (Å²) in [5.41, 5.74) is 2.23. The van der Waals surface area contributed by atoms with Crippen molar-refractivity contribution < 1.29 is 14.3 Å². The van der Waals surface area contributed by atoms with E-state index in [4.69, 9.17) is 16.3 Å². The standard InChI is InChI=1S/C23H23ClN4O4/c1-15(29)25-18-9-11-21(32-2)20(14-18)26-22(30)4-3-13-28-23(31)12-10-19(27-28)16-5-7-17(24)8-6-16/h5-12,14H,3-4,13H2,1-2H3,(H,25,29)(H,26,30). The molecular weight excluding hydrogens is 432 g/mol. The number of hydrogen-bond acceptors (Lipinski definition) is 5. The van der Waals surface area contributed by atoms with Crippen LogP contribution in [-0.2, 0) is 16.1 Å². The summed E-state index contributed by atoms with van der Waals surface area (Å²) < 4.78 is 6.61. The Bertz CT molecular complexity index is 1180. The van der Waals surface area contributed by atoms with Crippen molar-refractivity contribution in [1.82, 2.24) is 9.78 Å². The highest BCUT2D eigenvalue weighted by Gasteiger charge is 2.10. The van der Waals surface area contributed by atoms with Gasteiger partial charge in [0.25, 0.3) is 5.56 Å². The maximum atomic E-state index is 12.4. The number of benzene rings is 2. The van der Waals surface area contributed by atoms with Crippen molar-refractivity contribution >= 4 is 34.8 Å². The number of carbonyl (C=O) groups is 2. The Balaban J connectivity index is 1.63. The summed E-state index contributed by atoms with van der Waals surface area (Å²) in [6.07, 6.45) is 0.587. The molecule has 0 fully saturated rings. The Hall–Kier alpha value is -3.65. The molecule has 32 heavy (non-hydrogen) atoms. The molecule has 3 aromatic rings. The second-order valence-corrected chi connectivity index (χ2v) is 7.47. The Labute approximate surface area is 190 Å². The molecule has 0 spiro atoms. The van der Waals surface area contributed by atoms with Crippen LogP contribution >= 0.6 is 11.6 Å². The number of anilines is 2. The molecule has 0 saturated heterocycles. The number of rotatable bonds is 8. The number of nitrogens with zero attached hydrogens (tertiary/aromatic N) is 2. The van der Waals surface area contributed by atoms with E-state index in [1.165, 1.54) is 24.8 Å². The summed E-state index contributed by atoms with van der Waals surface area (Å²) in [5, 5.41) is 10.5. The number of ether oxygens (including phenoxy) is 1. The molecular formula is C23H23ClN4O4. The minimum absolute atomic E-state index is 0.173. The van der Waals surface area contributed by atoms with Crippen LogP contribution < -0.4 is 20.9 Å². The largest absolute Gasteiger partial charge is 0.495 e. The maximum absolute atomic E-state index is 12.4. The molecule has 0 aliphatic heterocycles. The summed E-state index contributed by atoms with van der Waals surface area (Å²) in [5.74, 6) is 0.0115. The van der Waals surface area contributed by atoms with Crippen molar-refractivity contribution in [3.05, 3.63) is 70.0 Å². The molecule has 9 heteroatoms. The summed E-state index contributed by atoms with van der Waals surface area (Å²) in [6.45, 7) is 1.69. The number of amides is 2. The van der Waals surface area contributed by atoms with E-state index in [0.717, 1.165) is 5.56 Å². The van der Waals surface area contributed by atoms with Gasteiger partial charge in [-0.3, -0.25) is 14.4 Å². The molecule has 0 unspecified atom stereocenters. The van der Waals surface area contributed by atoms with Gasteiger partial charge in [0, 0.05) is 42.2 Å². The molecule has 0 atom stereocenters. The van der Waals surface area contributed by atoms with Crippen molar-refractivity contribution in [3.63, 3.8) is 0 Å². The Morgan fingerprint density at radius 1 is 1.06 bits per heavy atom. The maximum Gasteiger partial charge on any atom is 0.266 e. The van der Waals surface area contributed by atoms with Gasteiger partial charge in [-0.05, 0) is 42.8 Å². The lowest BCUT2D eigenvalue weighted by molar-refractivity contribution is -0.116. The lowest BCUT2D eigenvalue weighted by Gasteiger charge is -2.12. The van der Waals surface area contributed by atoms with Crippen molar-refractivity contribution in [2.45, 2.75) is 26.3 Å². The van der Waals surface area contributed by atoms with Gasteiger partial charge >= 0.3 is 0 Å². The number of aromatic nitrogens is 2. The highest BCUT2D eigenvalue weighted by atomic mass is 35.5. The van der Waals surface area contributed by atoms with Crippen LogP contribution in [0.5, 0.6) is 5.75 Å². The van der Waals surface area contributed by atoms with Gasteiger partial charge in [-0.15, -0.1) is 0 Å². The molecule has 0 saturated carbocycles. The monoisotopic (exact) mass is 454 g/mol. The van der Waals surface area contributed by atoms with Gasteiger partial charge in [-0.25, -0.2) is 4.68 Å². The van der Waals surface area contributed by atoms with Gasteiger partial charge in [0.15, 0.2) is 0 Å². The second kappa shape index (κ2) is 10.6. The van der Waals surface area contributed by atoms with E-state index < -0.39 is 0 Å². The minimum atomic E-state index is -0.245. The van der Waals surface area contributed by atoms with Gasteiger partial charge in [0.1, 0.15) is 5.75 Å². The number of methoxy groups -OCH3 is 1. The van der Waals surface area contributed by atoms with E-state index in [-0.39, 0.29) is 30.3 Å². The van der Waals surface area contributed by atoms with E-state index in [1.807, 2.05) is 12.1 Å². The average Bonchev–Trinajstić information content (AvgIpc) is 2.75. The van der Waals surface area contributed by atoms with E-state index in [2.05, 4.69) is 15.7 Å². The van der Waals surface area contributed by atoms with Crippen LogP contribution in [0.4, 0.5) is 11.4 Å². The smallest absolute Gasteiger partial charge is 0.266 e. The van der Waals surface area contributed by atoms with E-state index >= 15 is 0 Å². The predicted molar refractivity (Wildman–Crippen MR) is 124 cm³/mol. The molecule has 0 aliphatic carbocycles. The van der Waals surface area contributed by atoms with Crippen molar-refractivity contribution in [2.24, 2.45) is 0 Å². The van der Waals surface area contributed by atoms with Crippen LogP contribution in [0.15, 0.2) is 59.4 Å². The molecule has 1 aromatic heterocycles. The fraction of sp³-hybridized carbons (Fsp3) is 0.217. The van der Waals surface area contributed by atoms with Gasteiger partial charge in [-0.1, -0.05) is 23.7 Å². The number of nitrogens with one attached hydrogen (secondary N) is 2. The van der Waals surface area contributed by atoms with Crippen LogP contribution in [0.1, 0.15) is 19.8 Å². The molecule has 166 valence electrons. The van der Waals surface area contributed by atoms with Crippen LogP contribution in [0.25, 0.3) is 11.3 Å². The van der Waals surface area contributed by atoms with Crippen molar-refractivity contribution in [3.8, 4) is 17.0 Å². The first kappa shape index (κ1) is 23.0. The third-order valence-electron chi connectivity index (χ3n) is 4.57. The SMILES string of the molecule is COc1ccc(NC(C)=O)cc1NC(=O)CCCn1nc(-c2ccc(Cl)cc2)ccc1=O. The first-order valence-electron chi connectivity index (χ1n) is 9.95. The zero-order valence-corrected chi connectivity index (χ0v) is 18.5. The molecule has 0 bridgehead atoms. The number of halogens is 1. The number of carbonyl (C=O) groups excluding carboxylic acids is 2. The average molecular weight is 455 g/mol. The third kappa shape index (κ3) is 6.18. The highest BCUT2D eigenvalue weighted by Crippen LogP contribution is 2.28. The van der Waals surface area contributed by atoms with Gasteiger partial charge in [0.05, 0.1) is 18.5 Å². The van der Waals surface area contributed by atoms with Crippen LogP contribution in [0.3, 0.4) is 0 Å². The van der Waals surface area contributed by atoms with Crippen LogP contribution in [0.2, 0.25) is 5.02 Å². The van der Waals surface area contributed by atoms with Crippen LogP contribution in [0, 0.1) is 0 Å². The Kier molecular flexibility index (Phi) is 7.62. The number of hydrogen-bond donors (Lipinski definition) is 2. The van der Waals surface area contributed by atoms with E-state index in [9.17, 15) is 14.4 Å². The Morgan fingerprint density at radius 3 is 2.50 bits per heavy atom.